The van der Waals surface area contributed by atoms with Gasteiger partial charge in [-0.15, -0.1) is 0 Å². The fourth-order valence-corrected chi connectivity index (χ4v) is 2.82. The van der Waals surface area contributed by atoms with E-state index in [1.54, 1.807) is 0 Å². The molecule has 0 spiro atoms. The molecule has 2 rings (SSSR count). The largest absolute Gasteiger partial charge is 0.315 e. The van der Waals surface area contributed by atoms with Gasteiger partial charge < -0.3 is 10.2 Å². The standard InChI is InChI=1S/C14H27N3/c1-16-8-9-17(2)14(12-16)11-15-10-13-6-4-3-5-7-13/h3-4,13-15H,5-12H2,1-2H3. The van der Waals surface area contributed by atoms with Crippen LogP contribution in [0.5, 0.6) is 0 Å². The van der Waals surface area contributed by atoms with Gasteiger partial charge in [-0.3, -0.25) is 4.90 Å². The van der Waals surface area contributed by atoms with E-state index in [4.69, 9.17) is 0 Å². The Morgan fingerprint density at radius 1 is 1.18 bits per heavy atom. The lowest BCUT2D eigenvalue weighted by molar-refractivity contribution is 0.112. The Morgan fingerprint density at radius 3 is 2.82 bits per heavy atom. The van der Waals surface area contributed by atoms with E-state index in [-0.39, 0.29) is 0 Å². The minimum Gasteiger partial charge on any atom is -0.315 e. The number of likely N-dealkylation sites (N-methyl/N-ethyl adjacent to an activating group) is 2. The Balaban J connectivity index is 1.65. The van der Waals surface area contributed by atoms with Crippen molar-refractivity contribution in [2.24, 2.45) is 5.92 Å². The summed E-state index contributed by atoms with van der Waals surface area (Å²) in [6, 6.07) is 0.688. The number of hydrogen-bond acceptors (Lipinski definition) is 3. The number of hydrogen-bond donors (Lipinski definition) is 1. The lowest BCUT2D eigenvalue weighted by Crippen LogP contribution is -2.54. The molecule has 0 aromatic rings. The molecule has 1 saturated heterocycles. The Morgan fingerprint density at radius 2 is 2.06 bits per heavy atom. The molecule has 0 aromatic carbocycles. The van der Waals surface area contributed by atoms with Crippen LogP contribution in [-0.2, 0) is 0 Å². The van der Waals surface area contributed by atoms with E-state index in [0.717, 1.165) is 12.5 Å². The Hall–Kier alpha value is -0.380. The fourth-order valence-electron chi connectivity index (χ4n) is 2.82. The smallest absolute Gasteiger partial charge is 0.0345 e. The summed E-state index contributed by atoms with van der Waals surface area (Å²) in [7, 11) is 4.48. The molecular formula is C14H27N3. The average molecular weight is 237 g/mol. The maximum absolute atomic E-state index is 3.67. The maximum atomic E-state index is 3.67. The van der Waals surface area contributed by atoms with E-state index in [9.17, 15) is 0 Å². The van der Waals surface area contributed by atoms with Crippen molar-refractivity contribution in [3.63, 3.8) is 0 Å². The second-order valence-electron chi connectivity index (χ2n) is 5.71. The number of rotatable bonds is 4. The summed E-state index contributed by atoms with van der Waals surface area (Å²) >= 11 is 0. The SMILES string of the molecule is CN1CCN(C)C(CNCC2CC=CCC2)C1. The molecule has 0 aromatic heterocycles. The minimum atomic E-state index is 0.688. The Kier molecular flexibility index (Phi) is 5.01. The maximum Gasteiger partial charge on any atom is 0.0345 e. The van der Waals surface area contributed by atoms with Crippen molar-refractivity contribution in [3.8, 4) is 0 Å². The number of piperazine rings is 1. The molecule has 1 aliphatic carbocycles. The van der Waals surface area contributed by atoms with Crippen LogP contribution in [0.1, 0.15) is 19.3 Å². The molecule has 3 heteroatoms. The van der Waals surface area contributed by atoms with Crippen LogP contribution in [0.15, 0.2) is 12.2 Å². The van der Waals surface area contributed by atoms with Crippen molar-refractivity contribution in [1.82, 2.24) is 15.1 Å². The van der Waals surface area contributed by atoms with E-state index in [2.05, 4.69) is 41.4 Å². The van der Waals surface area contributed by atoms with Crippen LogP contribution < -0.4 is 5.32 Å². The first-order valence-electron chi connectivity index (χ1n) is 7.00. The van der Waals surface area contributed by atoms with Gasteiger partial charge in [0.05, 0.1) is 0 Å². The second-order valence-corrected chi connectivity index (χ2v) is 5.71. The van der Waals surface area contributed by atoms with Crippen molar-refractivity contribution in [3.05, 3.63) is 12.2 Å². The molecule has 2 atom stereocenters. The van der Waals surface area contributed by atoms with Crippen molar-refractivity contribution in [1.29, 1.82) is 0 Å². The summed E-state index contributed by atoms with van der Waals surface area (Å²) in [5.41, 5.74) is 0. The number of allylic oxidation sites excluding steroid dienone is 2. The summed E-state index contributed by atoms with van der Waals surface area (Å²) in [5.74, 6) is 0.867. The molecule has 17 heavy (non-hydrogen) atoms. The van der Waals surface area contributed by atoms with Crippen LogP contribution >= 0.6 is 0 Å². The van der Waals surface area contributed by atoms with Crippen LogP contribution in [0, 0.1) is 5.92 Å². The zero-order valence-corrected chi connectivity index (χ0v) is 11.4. The molecule has 2 unspecified atom stereocenters. The van der Waals surface area contributed by atoms with Gasteiger partial charge >= 0.3 is 0 Å². The third-order valence-corrected chi connectivity index (χ3v) is 4.17. The van der Waals surface area contributed by atoms with Gasteiger partial charge in [0.1, 0.15) is 0 Å². The van der Waals surface area contributed by atoms with E-state index in [1.807, 2.05) is 0 Å². The van der Waals surface area contributed by atoms with Crippen molar-refractivity contribution in [2.75, 3.05) is 46.8 Å². The highest BCUT2D eigenvalue weighted by Gasteiger charge is 2.21. The number of nitrogens with zero attached hydrogens (tertiary/aromatic N) is 2. The number of nitrogens with one attached hydrogen (secondary N) is 1. The molecule has 1 heterocycles. The van der Waals surface area contributed by atoms with Crippen molar-refractivity contribution >= 4 is 0 Å². The molecule has 98 valence electrons. The molecule has 1 N–H and O–H groups in total. The van der Waals surface area contributed by atoms with Gasteiger partial charge in [0.15, 0.2) is 0 Å². The van der Waals surface area contributed by atoms with Gasteiger partial charge in [-0.25, -0.2) is 0 Å². The van der Waals surface area contributed by atoms with Crippen LogP contribution in [0.2, 0.25) is 0 Å². The molecule has 2 aliphatic rings. The van der Waals surface area contributed by atoms with E-state index in [0.29, 0.717) is 6.04 Å². The Bertz CT molecular complexity index is 252. The lowest BCUT2D eigenvalue weighted by atomic mass is 9.94. The highest BCUT2D eigenvalue weighted by molar-refractivity contribution is 4.91. The summed E-state index contributed by atoms with van der Waals surface area (Å²) in [6.07, 6.45) is 8.58. The minimum absolute atomic E-state index is 0.688. The van der Waals surface area contributed by atoms with Crippen molar-refractivity contribution in [2.45, 2.75) is 25.3 Å². The Labute approximate surface area is 106 Å². The summed E-state index contributed by atoms with van der Waals surface area (Å²) in [5, 5.41) is 3.67. The molecule has 0 radical (unpaired) electrons. The first-order chi connectivity index (χ1) is 8.25. The van der Waals surface area contributed by atoms with Crippen LogP contribution in [0.3, 0.4) is 0 Å². The van der Waals surface area contributed by atoms with Gasteiger partial charge in [-0.1, -0.05) is 12.2 Å². The van der Waals surface area contributed by atoms with Crippen LogP contribution in [0.4, 0.5) is 0 Å². The third kappa shape index (κ3) is 4.09. The lowest BCUT2D eigenvalue weighted by Gasteiger charge is -2.38. The highest BCUT2D eigenvalue weighted by Crippen LogP contribution is 2.17. The van der Waals surface area contributed by atoms with E-state index < -0.39 is 0 Å². The average Bonchev–Trinajstić information content (AvgIpc) is 2.35. The summed E-state index contributed by atoms with van der Waals surface area (Å²) in [6.45, 7) is 5.95. The molecule has 0 amide bonds. The molecule has 1 aliphatic heterocycles. The van der Waals surface area contributed by atoms with Crippen LogP contribution in [0.25, 0.3) is 0 Å². The molecule has 0 saturated carbocycles. The molecule has 0 bridgehead atoms. The molecular weight excluding hydrogens is 210 g/mol. The van der Waals surface area contributed by atoms with Gasteiger partial charge in [-0.05, 0) is 45.8 Å². The zero-order chi connectivity index (χ0) is 12.1. The van der Waals surface area contributed by atoms with Gasteiger partial charge in [0.2, 0.25) is 0 Å². The van der Waals surface area contributed by atoms with Crippen LogP contribution in [-0.4, -0.2) is 62.7 Å². The van der Waals surface area contributed by atoms with E-state index in [1.165, 1.54) is 45.4 Å². The van der Waals surface area contributed by atoms with E-state index >= 15 is 0 Å². The van der Waals surface area contributed by atoms with Crippen molar-refractivity contribution < 1.29 is 0 Å². The summed E-state index contributed by atoms with van der Waals surface area (Å²) < 4.78 is 0. The predicted molar refractivity (Wildman–Crippen MR) is 73.3 cm³/mol. The first kappa shape index (κ1) is 13.1. The highest BCUT2D eigenvalue weighted by atomic mass is 15.3. The topological polar surface area (TPSA) is 18.5 Å². The zero-order valence-electron chi connectivity index (χ0n) is 11.4. The van der Waals surface area contributed by atoms with Gasteiger partial charge in [0.25, 0.3) is 0 Å². The monoisotopic (exact) mass is 237 g/mol. The van der Waals surface area contributed by atoms with Gasteiger partial charge in [0, 0.05) is 32.2 Å². The second kappa shape index (κ2) is 6.53. The molecule has 3 nitrogen and oxygen atoms in total. The third-order valence-electron chi connectivity index (χ3n) is 4.17. The predicted octanol–water partition coefficient (Wildman–Crippen LogP) is 1.18. The van der Waals surface area contributed by atoms with Gasteiger partial charge in [-0.2, -0.15) is 0 Å². The summed E-state index contributed by atoms with van der Waals surface area (Å²) in [4.78, 5) is 4.93. The first-order valence-corrected chi connectivity index (χ1v) is 7.00. The quantitative estimate of drug-likeness (QED) is 0.741. The normalized spacial score (nSPS) is 31.9. The molecule has 1 fully saturated rings. The fraction of sp³-hybridized carbons (Fsp3) is 0.857.